The van der Waals surface area contributed by atoms with Crippen LogP contribution >= 0.6 is 12.4 Å². The maximum absolute atomic E-state index is 13.1. The van der Waals surface area contributed by atoms with E-state index in [0.29, 0.717) is 5.69 Å². The number of halogens is 4. The van der Waals surface area contributed by atoms with Gasteiger partial charge in [-0.1, -0.05) is 6.07 Å². The first kappa shape index (κ1) is 20.5. The molecule has 3 rings (SSSR count). The summed E-state index contributed by atoms with van der Waals surface area (Å²) in [4.78, 5) is 4.21. The van der Waals surface area contributed by atoms with Crippen LogP contribution in [0, 0.1) is 0 Å². The number of nitrogens with two attached hydrogens (primary N) is 1. The van der Waals surface area contributed by atoms with Crippen molar-refractivity contribution in [2.24, 2.45) is 5.73 Å². The third-order valence-corrected chi connectivity index (χ3v) is 4.52. The number of sulfonamides is 1. The van der Waals surface area contributed by atoms with Gasteiger partial charge in [-0.05, 0) is 36.2 Å². The molecule has 2 atom stereocenters. The van der Waals surface area contributed by atoms with Gasteiger partial charge >= 0.3 is 6.18 Å². The van der Waals surface area contributed by atoms with Gasteiger partial charge in [0, 0.05) is 29.4 Å². The molecule has 26 heavy (non-hydrogen) atoms. The number of hydrogen-bond donors (Lipinski definition) is 2. The number of nitrogens with one attached hydrogen (secondary N) is 1. The van der Waals surface area contributed by atoms with E-state index in [2.05, 4.69) is 9.71 Å². The molecule has 2 aromatic rings. The molecule has 0 unspecified atom stereocenters. The molecule has 1 heterocycles. The summed E-state index contributed by atoms with van der Waals surface area (Å²) in [5.41, 5.74) is 6.10. The number of pyridine rings is 1. The summed E-state index contributed by atoms with van der Waals surface area (Å²) in [6.45, 7) is 0. The summed E-state index contributed by atoms with van der Waals surface area (Å²) < 4.78 is 64.1. The molecule has 5 nitrogen and oxygen atoms in total. The van der Waals surface area contributed by atoms with E-state index in [1.165, 1.54) is 6.07 Å². The molecule has 10 heteroatoms. The molecule has 1 aliphatic carbocycles. The third-order valence-electron chi connectivity index (χ3n) is 3.91. The van der Waals surface area contributed by atoms with E-state index in [0.717, 1.165) is 30.4 Å². The van der Waals surface area contributed by atoms with Gasteiger partial charge in [-0.3, -0.25) is 9.71 Å². The number of hydrogen-bond acceptors (Lipinski definition) is 4. The fourth-order valence-electron chi connectivity index (χ4n) is 2.61. The second kappa shape index (κ2) is 7.05. The minimum absolute atomic E-state index is 0. The Hall–Kier alpha value is -1.84. The van der Waals surface area contributed by atoms with Crippen LogP contribution in [-0.2, 0) is 16.2 Å². The van der Waals surface area contributed by atoms with Gasteiger partial charge in [0.15, 0.2) is 0 Å². The minimum atomic E-state index is -4.61. The lowest BCUT2D eigenvalue weighted by molar-refractivity contribution is -0.137. The predicted octanol–water partition coefficient (Wildman–Crippen LogP) is 3.38. The zero-order valence-electron chi connectivity index (χ0n) is 13.6. The fourth-order valence-corrected chi connectivity index (χ4v) is 3.15. The van der Waals surface area contributed by atoms with E-state index in [9.17, 15) is 21.6 Å². The lowest BCUT2D eigenvalue weighted by Crippen LogP contribution is -2.12. The highest BCUT2D eigenvalue weighted by atomic mass is 35.5. The fraction of sp³-hybridized carbons (Fsp3) is 0.312. The highest BCUT2D eigenvalue weighted by molar-refractivity contribution is 7.92. The van der Waals surface area contributed by atoms with Crippen molar-refractivity contribution < 1.29 is 21.6 Å². The third kappa shape index (κ3) is 4.87. The first-order valence-electron chi connectivity index (χ1n) is 7.45. The maximum atomic E-state index is 13.1. The van der Waals surface area contributed by atoms with Crippen LogP contribution < -0.4 is 10.5 Å². The summed E-state index contributed by atoms with van der Waals surface area (Å²) in [7, 11) is -3.71. The Morgan fingerprint density at radius 2 is 1.88 bits per heavy atom. The second-order valence-corrected chi connectivity index (χ2v) is 7.90. The van der Waals surface area contributed by atoms with Crippen LogP contribution in [0.5, 0.6) is 0 Å². The molecule has 0 bridgehead atoms. The van der Waals surface area contributed by atoms with Crippen LogP contribution in [-0.4, -0.2) is 25.7 Å². The Balaban J connectivity index is 0.00000243. The first-order chi connectivity index (χ1) is 11.5. The van der Waals surface area contributed by atoms with Gasteiger partial charge in [-0.15, -0.1) is 12.4 Å². The Kier molecular flexibility index (Phi) is 5.55. The molecule has 1 aromatic carbocycles. The molecule has 1 fully saturated rings. The molecule has 0 amide bonds. The van der Waals surface area contributed by atoms with Gasteiger partial charge in [0.1, 0.15) is 0 Å². The van der Waals surface area contributed by atoms with Gasteiger partial charge in [0.2, 0.25) is 10.0 Å². The van der Waals surface area contributed by atoms with Gasteiger partial charge in [-0.2, -0.15) is 13.2 Å². The molecule has 0 saturated heterocycles. The summed E-state index contributed by atoms with van der Waals surface area (Å²) in [6, 6.07) is 6.51. The van der Waals surface area contributed by atoms with Gasteiger partial charge < -0.3 is 5.73 Å². The van der Waals surface area contributed by atoms with E-state index in [-0.39, 0.29) is 35.6 Å². The van der Waals surface area contributed by atoms with Gasteiger partial charge in [0.25, 0.3) is 0 Å². The quantitative estimate of drug-likeness (QED) is 0.813. The standard InChI is InChI=1S/C16H16F3N3O2S.ClH/c1-25(23,24)22-12-5-10(4-11(6-12)16(17,18)19)15-3-2-9(8-21-15)13-7-14(13)20;/h2-6,8,13-14,22H,7,20H2,1H3;1H/t13-,14+;/m0./s1. The molecule has 0 spiro atoms. The molecule has 0 aliphatic heterocycles. The minimum Gasteiger partial charge on any atom is -0.327 e. The Labute approximate surface area is 155 Å². The van der Waals surface area contributed by atoms with Gasteiger partial charge in [-0.25, -0.2) is 8.42 Å². The summed E-state index contributed by atoms with van der Waals surface area (Å²) in [5, 5.41) is 0. The van der Waals surface area contributed by atoms with Crippen LogP contribution in [0.1, 0.15) is 23.5 Å². The molecule has 3 N–H and O–H groups in total. The average molecular weight is 408 g/mol. The van der Waals surface area contributed by atoms with Crippen LogP contribution in [0.15, 0.2) is 36.5 Å². The van der Waals surface area contributed by atoms with Crippen molar-refractivity contribution in [3.63, 3.8) is 0 Å². The Morgan fingerprint density at radius 3 is 2.35 bits per heavy atom. The highest BCUT2D eigenvalue weighted by Crippen LogP contribution is 2.39. The van der Waals surface area contributed by atoms with E-state index in [1.54, 1.807) is 18.3 Å². The van der Waals surface area contributed by atoms with Crippen molar-refractivity contribution in [3.8, 4) is 11.3 Å². The summed E-state index contributed by atoms with van der Waals surface area (Å²) >= 11 is 0. The molecule has 1 saturated carbocycles. The van der Waals surface area contributed by atoms with E-state index in [4.69, 9.17) is 5.73 Å². The molecular weight excluding hydrogens is 391 g/mol. The number of anilines is 1. The first-order valence-corrected chi connectivity index (χ1v) is 9.34. The Morgan fingerprint density at radius 1 is 1.23 bits per heavy atom. The molecule has 1 aromatic heterocycles. The normalized spacial score (nSPS) is 19.6. The predicted molar refractivity (Wildman–Crippen MR) is 95.7 cm³/mol. The van der Waals surface area contributed by atoms with E-state index < -0.39 is 21.8 Å². The van der Waals surface area contributed by atoms with Crippen molar-refractivity contribution in [2.45, 2.75) is 24.6 Å². The molecule has 142 valence electrons. The van der Waals surface area contributed by atoms with Crippen molar-refractivity contribution >= 4 is 28.1 Å². The molecule has 0 radical (unpaired) electrons. The number of benzene rings is 1. The van der Waals surface area contributed by atoms with Crippen LogP contribution in [0.3, 0.4) is 0 Å². The smallest absolute Gasteiger partial charge is 0.327 e. The van der Waals surface area contributed by atoms with E-state index in [1.807, 2.05) is 0 Å². The lowest BCUT2D eigenvalue weighted by atomic mass is 10.0. The lowest BCUT2D eigenvalue weighted by Gasteiger charge is -2.13. The SMILES string of the molecule is CS(=O)(=O)Nc1cc(-c2ccc([C@@H]3C[C@H]3N)cn2)cc(C(F)(F)F)c1.Cl. The van der Waals surface area contributed by atoms with Crippen molar-refractivity contribution in [1.82, 2.24) is 4.98 Å². The zero-order valence-corrected chi connectivity index (χ0v) is 15.3. The highest BCUT2D eigenvalue weighted by Gasteiger charge is 2.35. The van der Waals surface area contributed by atoms with Crippen molar-refractivity contribution in [2.75, 3.05) is 11.0 Å². The topological polar surface area (TPSA) is 85.1 Å². The number of rotatable bonds is 4. The zero-order chi connectivity index (χ0) is 18.4. The summed E-state index contributed by atoms with van der Waals surface area (Å²) in [6.07, 6.45) is -1.27. The van der Waals surface area contributed by atoms with Gasteiger partial charge in [0.05, 0.1) is 17.5 Å². The number of nitrogens with zero attached hydrogens (tertiary/aromatic N) is 1. The number of alkyl halides is 3. The monoisotopic (exact) mass is 407 g/mol. The van der Waals surface area contributed by atoms with Crippen LogP contribution in [0.2, 0.25) is 0 Å². The van der Waals surface area contributed by atoms with E-state index >= 15 is 0 Å². The number of aromatic nitrogens is 1. The van der Waals surface area contributed by atoms with Crippen molar-refractivity contribution in [3.05, 3.63) is 47.7 Å². The summed E-state index contributed by atoms with van der Waals surface area (Å²) in [5.74, 6) is 0.241. The average Bonchev–Trinajstić information content (AvgIpc) is 3.21. The maximum Gasteiger partial charge on any atom is 0.416 e. The largest absolute Gasteiger partial charge is 0.416 e. The molecule has 1 aliphatic rings. The molecular formula is C16H17ClF3N3O2S. The van der Waals surface area contributed by atoms with Crippen molar-refractivity contribution in [1.29, 1.82) is 0 Å². The second-order valence-electron chi connectivity index (χ2n) is 6.15. The Bertz CT molecular complexity index is 902. The van der Waals surface area contributed by atoms with Crippen LogP contribution in [0.4, 0.5) is 18.9 Å². The van der Waals surface area contributed by atoms with Crippen LogP contribution in [0.25, 0.3) is 11.3 Å².